The second kappa shape index (κ2) is 6.23. The quantitative estimate of drug-likeness (QED) is 0.884. The third-order valence-electron chi connectivity index (χ3n) is 2.63. The standard InChI is InChI=1S/C13H15BrN4OS/c1-18(2)13-17-11(15)10(20-13)12(19)16-7-8-5-3-4-6-9(8)14/h3-6H,7,15H2,1-2H3,(H,16,19). The highest BCUT2D eigenvalue weighted by Crippen LogP contribution is 2.26. The number of hydrogen-bond acceptors (Lipinski definition) is 5. The minimum Gasteiger partial charge on any atom is -0.382 e. The van der Waals surface area contributed by atoms with Crippen LogP contribution in [0.4, 0.5) is 10.9 Å². The molecular weight excluding hydrogens is 340 g/mol. The van der Waals surface area contributed by atoms with E-state index in [0.29, 0.717) is 16.6 Å². The first kappa shape index (κ1) is 14.8. The van der Waals surface area contributed by atoms with Gasteiger partial charge in [0.15, 0.2) is 5.13 Å². The van der Waals surface area contributed by atoms with Gasteiger partial charge in [-0.1, -0.05) is 45.5 Å². The van der Waals surface area contributed by atoms with Gasteiger partial charge in [0.2, 0.25) is 0 Å². The van der Waals surface area contributed by atoms with Gasteiger partial charge in [0.25, 0.3) is 5.91 Å². The normalized spacial score (nSPS) is 10.3. The maximum absolute atomic E-state index is 12.1. The summed E-state index contributed by atoms with van der Waals surface area (Å²) in [4.78, 5) is 18.6. The van der Waals surface area contributed by atoms with E-state index in [-0.39, 0.29) is 11.7 Å². The van der Waals surface area contributed by atoms with Crippen LogP contribution >= 0.6 is 27.3 Å². The first-order chi connectivity index (χ1) is 9.49. The van der Waals surface area contributed by atoms with Gasteiger partial charge in [-0.05, 0) is 11.6 Å². The molecule has 0 saturated carbocycles. The van der Waals surface area contributed by atoms with Crippen LogP contribution in [0.15, 0.2) is 28.7 Å². The van der Waals surface area contributed by atoms with E-state index in [1.807, 2.05) is 43.3 Å². The Bertz CT molecular complexity index is 627. The smallest absolute Gasteiger partial charge is 0.265 e. The number of nitrogens with one attached hydrogen (secondary N) is 1. The van der Waals surface area contributed by atoms with Crippen molar-refractivity contribution in [3.05, 3.63) is 39.2 Å². The highest BCUT2D eigenvalue weighted by atomic mass is 79.9. The predicted octanol–water partition coefficient (Wildman–Crippen LogP) is 2.48. The third-order valence-corrected chi connectivity index (χ3v) is 4.64. The lowest BCUT2D eigenvalue weighted by atomic mass is 10.2. The number of nitrogens with two attached hydrogens (primary N) is 1. The molecule has 20 heavy (non-hydrogen) atoms. The maximum atomic E-state index is 12.1. The Balaban J connectivity index is 2.07. The Kier molecular flexibility index (Phi) is 4.61. The fourth-order valence-electron chi connectivity index (χ4n) is 1.57. The Hall–Kier alpha value is -1.60. The molecule has 2 aromatic rings. The van der Waals surface area contributed by atoms with Crippen LogP contribution in [0.2, 0.25) is 0 Å². The van der Waals surface area contributed by atoms with Crippen molar-refractivity contribution < 1.29 is 4.79 Å². The number of thiazole rings is 1. The van der Waals surface area contributed by atoms with Crippen molar-refractivity contribution in [2.75, 3.05) is 24.7 Å². The molecule has 0 saturated heterocycles. The number of amides is 1. The molecule has 5 nitrogen and oxygen atoms in total. The summed E-state index contributed by atoms with van der Waals surface area (Å²) in [6.07, 6.45) is 0. The van der Waals surface area contributed by atoms with Crippen molar-refractivity contribution in [1.82, 2.24) is 10.3 Å². The number of nitrogens with zero attached hydrogens (tertiary/aromatic N) is 2. The minimum absolute atomic E-state index is 0.205. The molecule has 0 aliphatic carbocycles. The van der Waals surface area contributed by atoms with E-state index < -0.39 is 0 Å². The fraction of sp³-hybridized carbons (Fsp3) is 0.231. The highest BCUT2D eigenvalue weighted by molar-refractivity contribution is 9.10. The lowest BCUT2D eigenvalue weighted by molar-refractivity contribution is 0.0955. The molecule has 1 amide bonds. The van der Waals surface area contributed by atoms with Crippen LogP contribution < -0.4 is 16.0 Å². The lowest BCUT2D eigenvalue weighted by Crippen LogP contribution is -2.22. The monoisotopic (exact) mass is 354 g/mol. The van der Waals surface area contributed by atoms with Crippen LogP contribution in [0.1, 0.15) is 15.2 Å². The van der Waals surface area contributed by atoms with E-state index in [4.69, 9.17) is 5.73 Å². The summed E-state index contributed by atoms with van der Waals surface area (Å²) in [7, 11) is 3.72. The summed E-state index contributed by atoms with van der Waals surface area (Å²) in [6.45, 7) is 0.439. The summed E-state index contributed by atoms with van der Waals surface area (Å²) < 4.78 is 0.964. The van der Waals surface area contributed by atoms with Crippen LogP contribution in [0.25, 0.3) is 0 Å². The molecule has 1 aromatic carbocycles. The van der Waals surface area contributed by atoms with E-state index >= 15 is 0 Å². The van der Waals surface area contributed by atoms with E-state index in [1.54, 1.807) is 0 Å². The first-order valence-corrected chi connectivity index (χ1v) is 7.55. The number of carbonyl (C=O) groups excluding carboxylic acids is 1. The van der Waals surface area contributed by atoms with Crippen LogP contribution in [-0.2, 0) is 6.54 Å². The van der Waals surface area contributed by atoms with Gasteiger partial charge >= 0.3 is 0 Å². The molecule has 0 atom stereocenters. The molecular formula is C13H15BrN4OS. The molecule has 0 radical (unpaired) electrons. The second-order valence-electron chi connectivity index (χ2n) is 4.38. The third kappa shape index (κ3) is 3.29. The zero-order valence-electron chi connectivity index (χ0n) is 11.2. The summed E-state index contributed by atoms with van der Waals surface area (Å²) in [5, 5.41) is 3.57. The molecule has 1 heterocycles. The molecule has 106 valence electrons. The Labute approximate surface area is 129 Å². The number of anilines is 2. The van der Waals surface area contributed by atoms with Crippen molar-refractivity contribution in [3.63, 3.8) is 0 Å². The van der Waals surface area contributed by atoms with Crippen LogP contribution in [0.5, 0.6) is 0 Å². The van der Waals surface area contributed by atoms with Gasteiger partial charge in [-0.25, -0.2) is 4.98 Å². The summed E-state index contributed by atoms with van der Waals surface area (Å²) in [5.74, 6) is 0.0622. The number of nitrogen functional groups attached to an aromatic ring is 1. The van der Waals surface area contributed by atoms with Crippen molar-refractivity contribution in [2.45, 2.75) is 6.54 Å². The molecule has 0 aliphatic heterocycles. The van der Waals surface area contributed by atoms with Crippen molar-refractivity contribution in [1.29, 1.82) is 0 Å². The van der Waals surface area contributed by atoms with Gasteiger partial charge in [0, 0.05) is 25.1 Å². The van der Waals surface area contributed by atoms with E-state index in [2.05, 4.69) is 26.2 Å². The van der Waals surface area contributed by atoms with Gasteiger partial charge < -0.3 is 16.0 Å². The molecule has 1 aromatic heterocycles. The largest absolute Gasteiger partial charge is 0.382 e. The van der Waals surface area contributed by atoms with Crippen molar-refractivity contribution in [3.8, 4) is 0 Å². The highest BCUT2D eigenvalue weighted by Gasteiger charge is 2.17. The lowest BCUT2D eigenvalue weighted by Gasteiger charge is -2.06. The van der Waals surface area contributed by atoms with E-state index in [1.165, 1.54) is 11.3 Å². The maximum Gasteiger partial charge on any atom is 0.265 e. The van der Waals surface area contributed by atoms with Gasteiger partial charge in [-0.15, -0.1) is 0 Å². The van der Waals surface area contributed by atoms with Crippen molar-refractivity contribution >= 4 is 44.1 Å². The zero-order valence-corrected chi connectivity index (χ0v) is 13.6. The van der Waals surface area contributed by atoms with Crippen LogP contribution in [0.3, 0.4) is 0 Å². The summed E-state index contributed by atoms with van der Waals surface area (Å²) in [5.41, 5.74) is 6.79. The number of aromatic nitrogens is 1. The fourth-order valence-corrected chi connectivity index (χ4v) is 2.82. The van der Waals surface area contributed by atoms with E-state index in [0.717, 1.165) is 10.0 Å². The summed E-state index contributed by atoms with van der Waals surface area (Å²) >= 11 is 4.73. The Morgan fingerprint density at radius 2 is 2.15 bits per heavy atom. The van der Waals surface area contributed by atoms with Gasteiger partial charge in [0.05, 0.1) is 0 Å². The number of hydrogen-bond donors (Lipinski definition) is 2. The first-order valence-electron chi connectivity index (χ1n) is 5.94. The number of rotatable bonds is 4. The van der Waals surface area contributed by atoms with Gasteiger partial charge in [-0.2, -0.15) is 0 Å². The predicted molar refractivity (Wildman–Crippen MR) is 86.2 cm³/mol. The molecule has 2 rings (SSSR count). The number of benzene rings is 1. The molecule has 0 spiro atoms. The van der Waals surface area contributed by atoms with Gasteiger partial charge in [0.1, 0.15) is 10.7 Å². The zero-order chi connectivity index (χ0) is 14.7. The average molecular weight is 355 g/mol. The Morgan fingerprint density at radius 3 is 2.75 bits per heavy atom. The molecule has 0 aliphatic rings. The van der Waals surface area contributed by atoms with Crippen molar-refractivity contribution in [2.24, 2.45) is 0 Å². The SMILES string of the molecule is CN(C)c1nc(N)c(C(=O)NCc2ccccc2Br)s1. The number of halogens is 1. The molecule has 0 unspecified atom stereocenters. The molecule has 0 bridgehead atoms. The van der Waals surface area contributed by atoms with Crippen LogP contribution in [-0.4, -0.2) is 25.0 Å². The van der Waals surface area contributed by atoms with E-state index in [9.17, 15) is 4.79 Å². The van der Waals surface area contributed by atoms with Gasteiger partial charge in [-0.3, -0.25) is 4.79 Å². The molecule has 0 fully saturated rings. The van der Waals surface area contributed by atoms with Crippen LogP contribution in [0, 0.1) is 0 Å². The second-order valence-corrected chi connectivity index (χ2v) is 6.21. The Morgan fingerprint density at radius 1 is 1.45 bits per heavy atom. The number of carbonyl (C=O) groups is 1. The minimum atomic E-state index is -0.205. The topological polar surface area (TPSA) is 71.2 Å². The summed E-state index contributed by atoms with van der Waals surface area (Å²) in [6, 6.07) is 7.75. The molecule has 3 N–H and O–H groups in total. The average Bonchev–Trinajstić information content (AvgIpc) is 2.80. The molecule has 7 heteroatoms.